The SMILES string of the molecule is COc1ccccc1-n1c(SCc2cccc(C)c2)nc2c(c1=O)C1(CCCCC1)Cc1ccccc1-2. The maximum atomic E-state index is 14.7. The maximum Gasteiger partial charge on any atom is 0.263 e. The van der Waals surface area contributed by atoms with Gasteiger partial charge in [0.25, 0.3) is 5.56 Å². The molecule has 5 heteroatoms. The van der Waals surface area contributed by atoms with Crippen molar-refractivity contribution in [3.05, 3.63) is 105 Å². The number of aromatic nitrogens is 2. The van der Waals surface area contributed by atoms with E-state index in [1.807, 2.05) is 28.8 Å². The Balaban J connectivity index is 1.60. The van der Waals surface area contributed by atoms with Gasteiger partial charge in [-0.2, -0.15) is 0 Å². The van der Waals surface area contributed by atoms with E-state index in [1.165, 1.54) is 23.1 Å². The Morgan fingerprint density at radius 2 is 1.76 bits per heavy atom. The normalized spacial score (nSPS) is 15.7. The largest absolute Gasteiger partial charge is 0.495 e. The summed E-state index contributed by atoms with van der Waals surface area (Å²) in [5.41, 5.74) is 7.29. The minimum absolute atomic E-state index is 0.0534. The van der Waals surface area contributed by atoms with Gasteiger partial charge in [-0.05, 0) is 49.4 Å². The van der Waals surface area contributed by atoms with Crippen LogP contribution in [0.2, 0.25) is 0 Å². The van der Waals surface area contributed by atoms with E-state index < -0.39 is 0 Å². The highest BCUT2D eigenvalue weighted by Gasteiger charge is 2.43. The lowest BCUT2D eigenvalue weighted by molar-refractivity contribution is 0.283. The molecule has 0 bridgehead atoms. The fourth-order valence-corrected chi connectivity index (χ4v) is 7.20. The fraction of sp³-hybridized carbons (Fsp3) is 0.312. The van der Waals surface area contributed by atoms with Gasteiger partial charge in [0.1, 0.15) is 5.75 Å². The minimum Gasteiger partial charge on any atom is -0.495 e. The van der Waals surface area contributed by atoms with E-state index in [0.29, 0.717) is 10.9 Å². The molecule has 4 aromatic rings. The second-order valence-corrected chi connectivity index (χ2v) is 11.3. The molecule has 6 rings (SSSR count). The first-order chi connectivity index (χ1) is 18.1. The van der Waals surface area contributed by atoms with Crippen molar-refractivity contribution in [2.45, 2.75) is 61.8 Å². The highest BCUT2D eigenvalue weighted by Crippen LogP contribution is 2.49. The smallest absolute Gasteiger partial charge is 0.263 e. The lowest BCUT2D eigenvalue weighted by Crippen LogP contribution is -2.43. The van der Waals surface area contributed by atoms with Crippen LogP contribution in [0.5, 0.6) is 5.75 Å². The van der Waals surface area contributed by atoms with Gasteiger partial charge in [0.15, 0.2) is 5.16 Å². The van der Waals surface area contributed by atoms with Crippen molar-refractivity contribution in [2.75, 3.05) is 7.11 Å². The molecular weight excluding hydrogens is 476 g/mol. The van der Waals surface area contributed by atoms with Crippen LogP contribution in [0.15, 0.2) is 82.7 Å². The number of nitrogens with zero attached hydrogens (tertiary/aromatic N) is 2. The monoisotopic (exact) mass is 508 g/mol. The van der Waals surface area contributed by atoms with Gasteiger partial charge in [0.05, 0.1) is 24.1 Å². The Morgan fingerprint density at radius 3 is 2.57 bits per heavy atom. The number of hydrogen-bond acceptors (Lipinski definition) is 4. The van der Waals surface area contributed by atoms with Gasteiger partial charge in [-0.25, -0.2) is 4.98 Å². The molecule has 1 heterocycles. The predicted molar refractivity (Wildman–Crippen MR) is 151 cm³/mol. The molecule has 0 unspecified atom stereocenters. The zero-order chi connectivity index (χ0) is 25.4. The quantitative estimate of drug-likeness (QED) is 0.210. The second kappa shape index (κ2) is 9.86. The Kier molecular flexibility index (Phi) is 6.41. The number of fused-ring (bicyclic) bond motifs is 4. The van der Waals surface area contributed by atoms with E-state index in [2.05, 4.69) is 55.5 Å². The Labute approximate surface area is 222 Å². The summed E-state index contributed by atoms with van der Waals surface area (Å²) >= 11 is 1.62. The Morgan fingerprint density at radius 1 is 0.973 bits per heavy atom. The molecule has 0 saturated heterocycles. The lowest BCUT2D eigenvalue weighted by Gasteiger charge is -2.42. The highest BCUT2D eigenvalue weighted by atomic mass is 32.2. The third-order valence-electron chi connectivity index (χ3n) is 7.97. The number of benzene rings is 3. The van der Waals surface area contributed by atoms with Crippen LogP contribution < -0.4 is 10.3 Å². The van der Waals surface area contributed by atoms with Gasteiger partial charge in [-0.15, -0.1) is 0 Å². The molecule has 4 nitrogen and oxygen atoms in total. The molecule has 1 fully saturated rings. The lowest BCUT2D eigenvalue weighted by atomic mass is 9.62. The van der Waals surface area contributed by atoms with E-state index in [1.54, 1.807) is 18.9 Å². The van der Waals surface area contributed by atoms with Crippen molar-refractivity contribution < 1.29 is 4.74 Å². The molecule has 2 aliphatic rings. The molecule has 188 valence electrons. The van der Waals surface area contributed by atoms with Crippen molar-refractivity contribution in [1.82, 2.24) is 9.55 Å². The summed E-state index contributed by atoms with van der Waals surface area (Å²) in [6.07, 6.45) is 6.52. The van der Waals surface area contributed by atoms with E-state index in [4.69, 9.17) is 9.72 Å². The molecule has 1 aromatic heterocycles. The topological polar surface area (TPSA) is 44.1 Å². The van der Waals surface area contributed by atoms with E-state index in [-0.39, 0.29) is 11.0 Å². The van der Waals surface area contributed by atoms with Crippen LogP contribution in [0, 0.1) is 6.92 Å². The third-order valence-corrected chi connectivity index (χ3v) is 8.98. The summed E-state index contributed by atoms with van der Waals surface area (Å²) in [5.74, 6) is 1.41. The molecule has 0 atom stereocenters. The molecule has 0 N–H and O–H groups in total. The first-order valence-electron chi connectivity index (χ1n) is 13.2. The molecule has 2 aliphatic carbocycles. The van der Waals surface area contributed by atoms with Crippen molar-refractivity contribution in [3.63, 3.8) is 0 Å². The highest BCUT2D eigenvalue weighted by molar-refractivity contribution is 7.98. The van der Waals surface area contributed by atoms with Gasteiger partial charge in [0, 0.05) is 16.7 Å². The molecule has 0 aliphatic heterocycles. The number of ether oxygens (including phenoxy) is 1. The van der Waals surface area contributed by atoms with Crippen LogP contribution in [0.3, 0.4) is 0 Å². The summed E-state index contributed by atoms with van der Waals surface area (Å²) in [5, 5.41) is 0.706. The first-order valence-corrected chi connectivity index (χ1v) is 14.2. The van der Waals surface area contributed by atoms with E-state index >= 15 is 0 Å². The third kappa shape index (κ3) is 4.29. The minimum atomic E-state index is -0.157. The summed E-state index contributed by atoms with van der Waals surface area (Å²) in [6, 6.07) is 24.9. The average molecular weight is 509 g/mol. The standard InChI is InChI=1S/C32H32N2O2S/c1-22-11-10-12-23(19-22)21-37-31-33-29-25-14-5-4-13-24(25)20-32(17-8-3-9-18-32)28(29)30(35)34(31)26-15-6-7-16-27(26)36-2/h4-7,10-16,19H,3,8-9,17-18,20-21H2,1-2H3. The van der Waals surface area contributed by atoms with Crippen LogP contribution >= 0.6 is 11.8 Å². The van der Waals surface area contributed by atoms with Crippen LogP contribution in [0.4, 0.5) is 0 Å². The number of methoxy groups -OCH3 is 1. The average Bonchev–Trinajstić information content (AvgIpc) is 2.92. The van der Waals surface area contributed by atoms with Gasteiger partial charge in [-0.1, -0.05) is 97.3 Å². The summed E-state index contributed by atoms with van der Waals surface area (Å²) in [7, 11) is 1.66. The van der Waals surface area contributed by atoms with Gasteiger partial charge >= 0.3 is 0 Å². The van der Waals surface area contributed by atoms with Crippen LogP contribution in [-0.2, 0) is 17.6 Å². The van der Waals surface area contributed by atoms with E-state index in [0.717, 1.165) is 60.4 Å². The van der Waals surface area contributed by atoms with Gasteiger partial charge < -0.3 is 4.74 Å². The predicted octanol–water partition coefficient (Wildman–Crippen LogP) is 7.27. The van der Waals surface area contributed by atoms with Crippen molar-refractivity contribution in [1.29, 1.82) is 0 Å². The molecule has 3 aromatic carbocycles. The number of thioether (sulfide) groups is 1. The van der Waals surface area contributed by atoms with Crippen molar-refractivity contribution in [3.8, 4) is 22.7 Å². The van der Waals surface area contributed by atoms with Crippen LogP contribution in [0.1, 0.15) is 54.4 Å². The molecule has 0 radical (unpaired) electrons. The first kappa shape index (κ1) is 24.1. The molecular formula is C32H32N2O2S. The van der Waals surface area contributed by atoms with Crippen molar-refractivity contribution >= 4 is 11.8 Å². The second-order valence-electron chi connectivity index (χ2n) is 10.4. The number of rotatable bonds is 5. The number of aryl methyl sites for hydroxylation is 1. The summed E-state index contributed by atoms with van der Waals surface area (Å²) in [4.78, 5) is 20.0. The van der Waals surface area contributed by atoms with Gasteiger partial charge in [0.2, 0.25) is 0 Å². The van der Waals surface area contributed by atoms with Gasteiger partial charge in [-0.3, -0.25) is 9.36 Å². The maximum absolute atomic E-state index is 14.7. The summed E-state index contributed by atoms with van der Waals surface area (Å²) in [6.45, 7) is 2.11. The molecule has 1 spiro atoms. The van der Waals surface area contributed by atoms with Crippen LogP contribution in [0.25, 0.3) is 16.9 Å². The Bertz CT molecular complexity index is 1520. The molecule has 1 saturated carbocycles. The zero-order valence-corrected chi connectivity index (χ0v) is 22.3. The molecule has 37 heavy (non-hydrogen) atoms. The van der Waals surface area contributed by atoms with Crippen LogP contribution in [-0.4, -0.2) is 16.7 Å². The van der Waals surface area contributed by atoms with Crippen molar-refractivity contribution in [2.24, 2.45) is 0 Å². The van der Waals surface area contributed by atoms with E-state index in [9.17, 15) is 4.79 Å². The number of hydrogen-bond donors (Lipinski definition) is 0. The zero-order valence-electron chi connectivity index (χ0n) is 21.5. The Hall–Kier alpha value is -3.31. The summed E-state index contributed by atoms with van der Waals surface area (Å²) < 4.78 is 7.55. The molecule has 0 amide bonds. The number of para-hydroxylation sites is 2. The fourth-order valence-electron chi connectivity index (χ4n) is 6.26.